The van der Waals surface area contributed by atoms with Gasteiger partial charge in [-0.3, -0.25) is 9.29 Å². The van der Waals surface area contributed by atoms with Crippen LogP contribution < -0.4 is 0 Å². The Morgan fingerprint density at radius 3 is 2.37 bits per heavy atom. The van der Waals surface area contributed by atoms with Gasteiger partial charge in [-0.25, -0.2) is 4.79 Å². The van der Waals surface area contributed by atoms with Gasteiger partial charge in [0.05, 0.1) is 17.8 Å². The SMILES string of the molecule is CCc1cc(C(F)(F)F)ccc1C1=C(c2ccc(C=C3CN(CCCF)C3)cc2)c2ccc(C(=O)O)cc2CCC1. The highest BCUT2D eigenvalue weighted by Crippen LogP contribution is 2.42. The number of alkyl halides is 4. The van der Waals surface area contributed by atoms with E-state index >= 15 is 0 Å². The first-order valence-electron chi connectivity index (χ1n) is 14.1. The number of aromatic carboxylic acids is 1. The second-order valence-corrected chi connectivity index (χ2v) is 10.8. The van der Waals surface area contributed by atoms with Crippen LogP contribution in [0.2, 0.25) is 0 Å². The molecule has 3 nitrogen and oxygen atoms in total. The fraction of sp³-hybridized carbons (Fsp3) is 0.324. The van der Waals surface area contributed by atoms with Crippen molar-refractivity contribution in [3.8, 4) is 0 Å². The molecule has 0 radical (unpaired) electrons. The molecule has 0 atom stereocenters. The van der Waals surface area contributed by atoms with E-state index in [-0.39, 0.29) is 12.2 Å². The number of benzene rings is 3. The quantitative estimate of drug-likeness (QED) is 0.280. The van der Waals surface area contributed by atoms with E-state index in [2.05, 4.69) is 11.0 Å². The van der Waals surface area contributed by atoms with Crippen LogP contribution >= 0.6 is 0 Å². The summed E-state index contributed by atoms with van der Waals surface area (Å²) in [7, 11) is 0. The van der Waals surface area contributed by atoms with Crippen molar-refractivity contribution >= 4 is 23.2 Å². The number of fused-ring (bicyclic) bond motifs is 1. The van der Waals surface area contributed by atoms with E-state index in [4.69, 9.17) is 0 Å². The van der Waals surface area contributed by atoms with E-state index < -0.39 is 17.7 Å². The standard InChI is InChI=1S/C34H33F4NO2/c1-2-24-19-28(34(36,37)38)12-14-29(24)31-6-3-5-26-18-27(33(40)41)11-13-30(26)32(31)25-9-7-22(8-10-25)17-23-20-39(21-23)16-4-15-35/h7-14,17-19H,2-6,15-16,20-21H2,1H3,(H,40,41). The van der Waals surface area contributed by atoms with Crippen molar-refractivity contribution in [3.05, 3.63) is 111 Å². The first-order chi connectivity index (χ1) is 19.7. The summed E-state index contributed by atoms with van der Waals surface area (Å²) in [5, 5.41) is 9.59. The summed E-state index contributed by atoms with van der Waals surface area (Å²) in [6, 6.07) is 17.3. The second-order valence-electron chi connectivity index (χ2n) is 10.8. The molecule has 1 aliphatic carbocycles. The fourth-order valence-electron chi connectivity index (χ4n) is 5.92. The Balaban J connectivity index is 1.59. The zero-order valence-electron chi connectivity index (χ0n) is 23.0. The second kappa shape index (κ2) is 12.0. The number of likely N-dealkylation sites (tertiary alicyclic amines) is 1. The monoisotopic (exact) mass is 563 g/mol. The third kappa shape index (κ3) is 6.30. The molecule has 41 heavy (non-hydrogen) atoms. The number of hydrogen-bond donors (Lipinski definition) is 1. The largest absolute Gasteiger partial charge is 0.478 e. The molecule has 1 N–H and O–H groups in total. The molecule has 1 fully saturated rings. The van der Waals surface area contributed by atoms with Gasteiger partial charge in [0.25, 0.3) is 0 Å². The maximum absolute atomic E-state index is 13.5. The molecule has 5 rings (SSSR count). The Morgan fingerprint density at radius 2 is 1.71 bits per heavy atom. The van der Waals surface area contributed by atoms with E-state index in [1.165, 1.54) is 11.6 Å². The van der Waals surface area contributed by atoms with Gasteiger partial charge in [0.15, 0.2) is 0 Å². The molecule has 0 saturated carbocycles. The first-order valence-corrected chi connectivity index (χ1v) is 14.1. The Labute approximate surface area is 237 Å². The molecular weight excluding hydrogens is 530 g/mol. The van der Waals surface area contributed by atoms with Crippen LogP contribution in [0.1, 0.15) is 75.5 Å². The van der Waals surface area contributed by atoms with Crippen molar-refractivity contribution in [1.29, 1.82) is 0 Å². The lowest BCUT2D eigenvalue weighted by atomic mass is 9.84. The molecule has 0 aromatic heterocycles. The number of carboxylic acid groups (broad SMARTS) is 1. The Hall–Kier alpha value is -3.71. The zero-order valence-corrected chi connectivity index (χ0v) is 23.0. The molecular formula is C34H33F4NO2. The number of rotatable bonds is 8. The topological polar surface area (TPSA) is 40.5 Å². The van der Waals surface area contributed by atoms with Crippen LogP contribution in [0.25, 0.3) is 17.2 Å². The molecule has 3 aromatic carbocycles. The molecule has 3 aromatic rings. The molecule has 214 valence electrons. The van der Waals surface area contributed by atoms with Crippen LogP contribution in [0.3, 0.4) is 0 Å². The Bertz CT molecular complexity index is 1490. The van der Waals surface area contributed by atoms with Crippen molar-refractivity contribution in [3.63, 3.8) is 0 Å². The summed E-state index contributed by atoms with van der Waals surface area (Å²) in [4.78, 5) is 13.9. The summed E-state index contributed by atoms with van der Waals surface area (Å²) in [6.07, 6.45) is 0.819. The van der Waals surface area contributed by atoms with Crippen LogP contribution in [0.4, 0.5) is 17.6 Å². The highest BCUT2D eigenvalue weighted by molar-refractivity contribution is 6.01. The normalized spacial score (nSPS) is 15.8. The minimum absolute atomic E-state index is 0.221. The van der Waals surface area contributed by atoms with Crippen molar-refractivity contribution in [2.75, 3.05) is 26.3 Å². The number of aryl methyl sites for hydroxylation is 2. The fourth-order valence-corrected chi connectivity index (χ4v) is 5.92. The number of allylic oxidation sites excluding steroid dienone is 1. The predicted molar refractivity (Wildman–Crippen MR) is 155 cm³/mol. The first kappa shape index (κ1) is 28.8. The van der Waals surface area contributed by atoms with E-state index in [9.17, 15) is 27.5 Å². The number of carboxylic acids is 1. The van der Waals surface area contributed by atoms with Crippen LogP contribution in [0.15, 0.2) is 66.2 Å². The lowest BCUT2D eigenvalue weighted by Gasteiger charge is -2.33. The molecule has 1 saturated heterocycles. The maximum Gasteiger partial charge on any atom is 0.416 e. The predicted octanol–water partition coefficient (Wildman–Crippen LogP) is 8.32. The van der Waals surface area contributed by atoms with E-state index in [1.54, 1.807) is 18.2 Å². The average Bonchev–Trinajstić information content (AvgIpc) is 3.12. The summed E-state index contributed by atoms with van der Waals surface area (Å²) in [6.45, 7) is 4.00. The Morgan fingerprint density at radius 1 is 0.976 bits per heavy atom. The highest BCUT2D eigenvalue weighted by atomic mass is 19.4. The molecule has 0 bridgehead atoms. The number of halogens is 4. The molecule has 0 unspecified atom stereocenters. The van der Waals surface area contributed by atoms with Gasteiger partial charge in [0, 0.05) is 19.6 Å². The number of nitrogens with zero attached hydrogens (tertiary/aromatic N) is 1. The van der Waals surface area contributed by atoms with Gasteiger partial charge < -0.3 is 5.11 Å². The summed E-state index contributed by atoms with van der Waals surface area (Å²) < 4.78 is 53.1. The van der Waals surface area contributed by atoms with E-state index in [0.717, 1.165) is 71.1 Å². The molecule has 0 spiro atoms. The summed E-state index contributed by atoms with van der Waals surface area (Å²) in [5.74, 6) is -0.990. The third-order valence-electron chi connectivity index (χ3n) is 7.97. The van der Waals surface area contributed by atoms with Crippen LogP contribution in [0.5, 0.6) is 0 Å². The minimum atomic E-state index is -4.42. The lowest BCUT2D eigenvalue weighted by molar-refractivity contribution is -0.137. The highest BCUT2D eigenvalue weighted by Gasteiger charge is 2.31. The molecule has 1 aliphatic heterocycles. The van der Waals surface area contributed by atoms with Gasteiger partial charge in [0.2, 0.25) is 0 Å². The molecule has 1 heterocycles. The van der Waals surface area contributed by atoms with Crippen LogP contribution in [0, 0.1) is 0 Å². The van der Waals surface area contributed by atoms with Gasteiger partial charge in [-0.1, -0.05) is 49.4 Å². The van der Waals surface area contributed by atoms with Gasteiger partial charge in [-0.15, -0.1) is 0 Å². The Kier molecular flexibility index (Phi) is 8.45. The van der Waals surface area contributed by atoms with E-state index in [0.29, 0.717) is 31.2 Å². The minimum Gasteiger partial charge on any atom is -0.478 e. The average molecular weight is 564 g/mol. The summed E-state index contributed by atoms with van der Waals surface area (Å²) in [5.41, 5.74) is 8.04. The van der Waals surface area contributed by atoms with Gasteiger partial charge in [-0.2, -0.15) is 13.2 Å². The third-order valence-corrected chi connectivity index (χ3v) is 7.97. The van der Waals surface area contributed by atoms with Crippen molar-refractivity contribution < 1.29 is 27.5 Å². The number of carbonyl (C=O) groups is 1. The van der Waals surface area contributed by atoms with Crippen molar-refractivity contribution in [1.82, 2.24) is 4.90 Å². The molecule has 0 amide bonds. The molecule has 2 aliphatic rings. The summed E-state index contributed by atoms with van der Waals surface area (Å²) >= 11 is 0. The van der Waals surface area contributed by atoms with Crippen LogP contribution in [-0.2, 0) is 19.0 Å². The smallest absolute Gasteiger partial charge is 0.416 e. The van der Waals surface area contributed by atoms with Crippen molar-refractivity contribution in [2.45, 2.75) is 45.2 Å². The number of hydrogen-bond acceptors (Lipinski definition) is 2. The van der Waals surface area contributed by atoms with Gasteiger partial charge >= 0.3 is 12.1 Å². The molecule has 7 heteroatoms. The van der Waals surface area contributed by atoms with Crippen LogP contribution in [-0.4, -0.2) is 42.3 Å². The van der Waals surface area contributed by atoms with Gasteiger partial charge in [-0.05, 0) is 106 Å². The zero-order chi connectivity index (χ0) is 29.1. The van der Waals surface area contributed by atoms with E-state index in [1.807, 2.05) is 37.3 Å². The lowest BCUT2D eigenvalue weighted by Crippen LogP contribution is -2.40. The maximum atomic E-state index is 13.5. The van der Waals surface area contributed by atoms with Crippen molar-refractivity contribution in [2.24, 2.45) is 0 Å². The van der Waals surface area contributed by atoms with Gasteiger partial charge in [0.1, 0.15) is 0 Å².